The Morgan fingerprint density at radius 3 is 2.67 bits per heavy atom. The highest BCUT2D eigenvalue weighted by molar-refractivity contribution is 6.32. The maximum Gasteiger partial charge on any atom is 0.312 e. The number of aliphatic carboxylic acids is 1. The van der Waals surface area contributed by atoms with Crippen LogP contribution in [0.5, 0.6) is 5.75 Å². The third-order valence-corrected chi connectivity index (χ3v) is 5.00. The van der Waals surface area contributed by atoms with Gasteiger partial charge in [-0.05, 0) is 30.5 Å². The number of carbonyl (C=O) groups excluding carboxylic acids is 1. The Hall–Kier alpha value is -1.79. The molecule has 0 spiro atoms. The van der Waals surface area contributed by atoms with Gasteiger partial charge in [0, 0.05) is 13.1 Å². The molecule has 1 amide bonds. The van der Waals surface area contributed by atoms with Gasteiger partial charge >= 0.3 is 5.97 Å². The number of carboxylic acid groups (broad SMARTS) is 1. The van der Waals surface area contributed by atoms with Crippen LogP contribution in [0.25, 0.3) is 0 Å². The smallest absolute Gasteiger partial charge is 0.312 e. The highest BCUT2D eigenvalue weighted by Gasteiger charge is 2.48. The zero-order chi connectivity index (χ0) is 17.9. The van der Waals surface area contributed by atoms with E-state index >= 15 is 0 Å². The summed E-state index contributed by atoms with van der Waals surface area (Å²) in [5.41, 5.74) is -0.520. The molecule has 0 aliphatic carbocycles. The number of hydrogen-bond donors (Lipinski definition) is 3. The standard InChI is InChI=1S/C17H22ClNO5/c1-2-5-17(16(23)24)6-7-19(10-14(17)21)15(22)9-11-3-4-13(20)12(18)8-11/h3-4,8,14,20-21H,2,5-7,9-10H2,1H3,(H,23,24)/t14-,17+/m1/s1. The minimum Gasteiger partial charge on any atom is -0.506 e. The molecule has 24 heavy (non-hydrogen) atoms. The fraction of sp³-hybridized carbons (Fsp3) is 0.529. The van der Waals surface area contributed by atoms with Gasteiger partial charge in [-0.1, -0.05) is 31.0 Å². The number of hydrogen-bond acceptors (Lipinski definition) is 4. The third-order valence-electron chi connectivity index (χ3n) is 4.70. The lowest BCUT2D eigenvalue weighted by molar-refractivity contribution is -0.167. The quantitative estimate of drug-likeness (QED) is 0.751. The van der Waals surface area contributed by atoms with E-state index in [2.05, 4.69) is 0 Å². The molecule has 6 nitrogen and oxygen atoms in total. The van der Waals surface area contributed by atoms with Gasteiger partial charge in [0.05, 0.1) is 23.0 Å². The highest BCUT2D eigenvalue weighted by atomic mass is 35.5. The van der Waals surface area contributed by atoms with Crippen LogP contribution < -0.4 is 0 Å². The first kappa shape index (κ1) is 18.5. The molecule has 0 unspecified atom stereocenters. The van der Waals surface area contributed by atoms with Gasteiger partial charge in [0.15, 0.2) is 0 Å². The van der Waals surface area contributed by atoms with E-state index in [-0.39, 0.29) is 36.1 Å². The molecule has 1 aliphatic rings. The van der Waals surface area contributed by atoms with Crippen LogP contribution in [0.1, 0.15) is 31.7 Å². The maximum atomic E-state index is 12.4. The molecule has 1 fully saturated rings. The molecule has 0 aromatic heterocycles. The first-order chi connectivity index (χ1) is 11.3. The summed E-state index contributed by atoms with van der Waals surface area (Å²) in [5, 5.41) is 29.4. The number of likely N-dealkylation sites (tertiary alicyclic amines) is 1. The molecule has 132 valence electrons. The number of amides is 1. The van der Waals surface area contributed by atoms with Gasteiger partial charge in [0.1, 0.15) is 5.75 Å². The van der Waals surface area contributed by atoms with Gasteiger partial charge in [-0.25, -0.2) is 0 Å². The second kappa shape index (κ2) is 7.40. The van der Waals surface area contributed by atoms with E-state index in [1.165, 1.54) is 17.0 Å². The second-order valence-electron chi connectivity index (χ2n) is 6.28. The minimum absolute atomic E-state index is 0.0109. The third kappa shape index (κ3) is 3.65. The number of aliphatic hydroxyl groups excluding tert-OH is 1. The summed E-state index contributed by atoms with van der Waals surface area (Å²) in [7, 11) is 0. The van der Waals surface area contributed by atoms with Crippen molar-refractivity contribution in [3.63, 3.8) is 0 Å². The van der Waals surface area contributed by atoms with Crippen molar-refractivity contribution in [3.8, 4) is 5.75 Å². The molecule has 0 radical (unpaired) electrons. The molecule has 1 aromatic rings. The van der Waals surface area contributed by atoms with E-state index in [4.69, 9.17) is 11.6 Å². The summed E-state index contributed by atoms with van der Waals surface area (Å²) < 4.78 is 0. The van der Waals surface area contributed by atoms with Crippen molar-refractivity contribution in [1.29, 1.82) is 0 Å². The molecule has 0 bridgehead atoms. The van der Waals surface area contributed by atoms with Crippen LogP contribution in [0.2, 0.25) is 5.02 Å². The molecule has 1 saturated heterocycles. The second-order valence-corrected chi connectivity index (χ2v) is 6.69. The van der Waals surface area contributed by atoms with Gasteiger partial charge in [-0.15, -0.1) is 0 Å². The van der Waals surface area contributed by atoms with Crippen LogP contribution in [0, 0.1) is 5.41 Å². The number of aliphatic hydroxyl groups is 1. The number of aromatic hydroxyl groups is 1. The van der Waals surface area contributed by atoms with Gasteiger partial charge in [0.25, 0.3) is 0 Å². The summed E-state index contributed by atoms with van der Waals surface area (Å²) in [6, 6.07) is 4.55. The van der Waals surface area contributed by atoms with Crippen molar-refractivity contribution in [3.05, 3.63) is 28.8 Å². The first-order valence-corrected chi connectivity index (χ1v) is 8.34. The lowest BCUT2D eigenvalue weighted by Gasteiger charge is -2.42. The van der Waals surface area contributed by atoms with Crippen LogP contribution in [-0.4, -0.2) is 51.3 Å². The summed E-state index contributed by atoms with van der Waals surface area (Å²) in [4.78, 5) is 25.5. The topological polar surface area (TPSA) is 98.1 Å². The Balaban J connectivity index is 2.05. The molecule has 7 heteroatoms. The van der Waals surface area contributed by atoms with Crippen molar-refractivity contribution in [2.75, 3.05) is 13.1 Å². The largest absolute Gasteiger partial charge is 0.506 e. The zero-order valence-corrected chi connectivity index (χ0v) is 14.3. The Morgan fingerprint density at radius 1 is 1.42 bits per heavy atom. The van der Waals surface area contributed by atoms with Crippen molar-refractivity contribution in [1.82, 2.24) is 4.90 Å². The number of β-amino-alcohol motifs (C(OH)–C–C–N with tert-alkyl or cyclic N) is 1. The Morgan fingerprint density at radius 2 is 2.12 bits per heavy atom. The minimum atomic E-state index is -1.17. The molecular weight excluding hydrogens is 334 g/mol. The van der Waals surface area contributed by atoms with Crippen LogP contribution in [0.3, 0.4) is 0 Å². The number of phenolic OH excluding ortho intramolecular Hbond substituents is 1. The normalized spacial score (nSPS) is 24.0. The van der Waals surface area contributed by atoms with Crippen LogP contribution >= 0.6 is 11.6 Å². The van der Waals surface area contributed by atoms with Gasteiger partial charge in [-0.2, -0.15) is 0 Å². The van der Waals surface area contributed by atoms with Crippen LogP contribution in [0.4, 0.5) is 0 Å². The van der Waals surface area contributed by atoms with Gasteiger partial charge in [0.2, 0.25) is 5.91 Å². The predicted molar refractivity (Wildman–Crippen MR) is 89.0 cm³/mol. The summed E-state index contributed by atoms with van der Waals surface area (Å²) in [5.74, 6) is -1.26. The van der Waals surface area contributed by atoms with Crippen molar-refractivity contribution in [2.24, 2.45) is 5.41 Å². The molecule has 0 saturated carbocycles. The summed E-state index contributed by atoms with van der Waals surface area (Å²) in [6.07, 6.45) is 0.277. The van der Waals surface area contributed by atoms with Gasteiger partial charge < -0.3 is 20.2 Å². The first-order valence-electron chi connectivity index (χ1n) is 7.96. The Labute approximate surface area is 145 Å². The van der Waals surface area contributed by atoms with E-state index in [9.17, 15) is 24.9 Å². The van der Waals surface area contributed by atoms with Crippen molar-refractivity contribution in [2.45, 2.75) is 38.7 Å². The lowest BCUT2D eigenvalue weighted by atomic mass is 9.72. The monoisotopic (exact) mass is 355 g/mol. The van der Waals surface area contributed by atoms with Crippen molar-refractivity contribution < 1.29 is 24.9 Å². The summed E-state index contributed by atoms with van der Waals surface area (Å²) >= 11 is 5.83. The predicted octanol–water partition coefficient (Wildman–Crippen LogP) is 2.05. The van der Waals surface area contributed by atoms with E-state index in [1.807, 2.05) is 6.92 Å². The molecule has 2 rings (SSSR count). The molecule has 3 N–H and O–H groups in total. The van der Waals surface area contributed by atoms with E-state index in [0.29, 0.717) is 24.9 Å². The fourth-order valence-electron chi connectivity index (χ4n) is 3.24. The van der Waals surface area contributed by atoms with Crippen LogP contribution in [0.15, 0.2) is 18.2 Å². The van der Waals surface area contributed by atoms with Gasteiger partial charge in [-0.3, -0.25) is 9.59 Å². The Kier molecular flexibility index (Phi) is 5.72. The van der Waals surface area contributed by atoms with E-state index in [1.54, 1.807) is 6.07 Å². The number of nitrogens with zero attached hydrogens (tertiary/aromatic N) is 1. The summed E-state index contributed by atoms with van der Waals surface area (Å²) in [6.45, 7) is 2.19. The van der Waals surface area contributed by atoms with Crippen molar-refractivity contribution >= 4 is 23.5 Å². The molecule has 1 heterocycles. The number of phenols is 1. The number of benzene rings is 1. The number of rotatable bonds is 5. The SMILES string of the molecule is CCC[C@]1(C(=O)O)CCN(C(=O)Cc2ccc(O)c(Cl)c2)C[C@H]1O. The average molecular weight is 356 g/mol. The maximum absolute atomic E-state index is 12.4. The lowest BCUT2D eigenvalue weighted by Crippen LogP contribution is -2.56. The van der Waals surface area contributed by atoms with E-state index < -0.39 is 17.5 Å². The number of halogens is 1. The number of piperidine rings is 1. The average Bonchev–Trinajstić information content (AvgIpc) is 2.52. The van der Waals surface area contributed by atoms with Crippen LogP contribution in [-0.2, 0) is 16.0 Å². The molecule has 2 atom stereocenters. The van der Waals surface area contributed by atoms with E-state index in [0.717, 1.165) is 0 Å². The zero-order valence-electron chi connectivity index (χ0n) is 13.5. The molecule has 1 aliphatic heterocycles. The molecule has 1 aromatic carbocycles. The molecular formula is C17H22ClNO5. The number of carboxylic acids is 1. The highest BCUT2D eigenvalue weighted by Crippen LogP contribution is 2.37. The fourth-order valence-corrected chi connectivity index (χ4v) is 3.45. The Bertz CT molecular complexity index is 635. The number of carbonyl (C=O) groups is 2.